The van der Waals surface area contributed by atoms with Crippen LogP contribution >= 0.6 is 0 Å². The minimum Gasteiger partial charge on any atom is -0.369 e. The highest BCUT2D eigenvalue weighted by Crippen LogP contribution is 2.21. The summed E-state index contributed by atoms with van der Waals surface area (Å²) < 4.78 is 0. The molecule has 3 heterocycles. The van der Waals surface area contributed by atoms with Gasteiger partial charge in [0.05, 0.1) is 0 Å². The van der Waals surface area contributed by atoms with Gasteiger partial charge in [0.2, 0.25) is 0 Å². The molecule has 3 aromatic rings. The van der Waals surface area contributed by atoms with E-state index in [2.05, 4.69) is 27.9 Å². The van der Waals surface area contributed by atoms with Gasteiger partial charge in [0.15, 0.2) is 0 Å². The lowest BCUT2D eigenvalue weighted by molar-refractivity contribution is 0.0767. The molecule has 5 nitrogen and oxygen atoms in total. The van der Waals surface area contributed by atoms with Gasteiger partial charge in [-0.2, -0.15) is 0 Å². The largest absolute Gasteiger partial charge is 0.369 e. The topological polar surface area (TPSA) is 52.2 Å². The van der Waals surface area contributed by atoms with E-state index in [1.807, 2.05) is 47.8 Å². The van der Waals surface area contributed by atoms with Gasteiger partial charge in [0.1, 0.15) is 0 Å². The van der Waals surface area contributed by atoms with E-state index in [1.54, 1.807) is 0 Å². The highest BCUT2D eigenvalue weighted by Gasteiger charge is 2.21. The van der Waals surface area contributed by atoms with Crippen LogP contribution in [0.1, 0.15) is 22.3 Å². The number of rotatable bonds is 2. The number of carbonyl (C=O) groups excluding carboxylic acids is 1. The summed E-state index contributed by atoms with van der Waals surface area (Å²) in [4.78, 5) is 24.6. The Balaban J connectivity index is 1.50. The average molecular weight is 334 g/mol. The first-order chi connectivity index (χ1) is 12.2. The SMILES string of the molecule is Cc1cnccc1N1CCCN(C(=O)c2ccc3cc[nH]c3c2)CC1. The molecule has 1 saturated heterocycles. The molecule has 1 aliphatic heterocycles. The fourth-order valence-electron chi connectivity index (χ4n) is 3.55. The van der Waals surface area contributed by atoms with E-state index in [1.165, 1.54) is 11.3 Å². The molecule has 1 aromatic carbocycles. The predicted octanol–water partition coefficient (Wildman–Crippen LogP) is 3.22. The maximum absolute atomic E-state index is 12.9. The lowest BCUT2D eigenvalue weighted by Crippen LogP contribution is -2.35. The zero-order chi connectivity index (χ0) is 17.2. The van der Waals surface area contributed by atoms with Crippen LogP contribution in [-0.4, -0.2) is 47.0 Å². The van der Waals surface area contributed by atoms with E-state index in [0.717, 1.165) is 49.1 Å². The third-order valence-electron chi connectivity index (χ3n) is 4.92. The van der Waals surface area contributed by atoms with E-state index in [0.29, 0.717) is 0 Å². The number of pyridine rings is 1. The molecule has 5 heteroatoms. The van der Waals surface area contributed by atoms with Crippen LogP contribution in [0.4, 0.5) is 5.69 Å². The third kappa shape index (κ3) is 3.09. The Hall–Kier alpha value is -2.82. The molecule has 0 radical (unpaired) electrons. The van der Waals surface area contributed by atoms with Gasteiger partial charge in [0.25, 0.3) is 5.91 Å². The number of nitrogens with zero attached hydrogens (tertiary/aromatic N) is 3. The first-order valence-corrected chi connectivity index (χ1v) is 8.74. The molecule has 1 fully saturated rings. The molecule has 128 valence electrons. The Morgan fingerprint density at radius 3 is 2.92 bits per heavy atom. The van der Waals surface area contributed by atoms with Gasteiger partial charge in [-0.3, -0.25) is 9.78 Å². The second kappa shape index (κ2) is 6.59. The maximum atomic E-state index is 12.9. The van der Waals surface area contributed by atoms with Crippen molar-refractivity contribution in [2.45, 2.75) is 13.3 Å². The van der Waals surface area contributed by atoms with Crippen molar-refractivity contribution in [3.63, 3.8) is 0 Å². The van der Waals surface area contributed by atoms with Gasteiger partial charge in [-0.1, -0.05) is 6.07 Å². The fourth-order valence-corrected chi connectivity index (χ4v) is 3.55. The Kier molecular flexibility index (Phi) is 4.14. The molecule has 4 rings (SSSR count). The number of nitrogens with one attached hydrogen (secondary N) is 1. The van der Waals surface area contributed by atoms with E-state index in [-0.39, 0.29) is 5.91 Å². The number of amides is 1. The van der Waals surface area contributed by atoms with Gasteiger partial charge < -0.3 is 14.8 Å². The van der Waals surface area contributed by atoms with Crippen LogP contribution in [0.25, 0.3) is 10.9 Å². The molecule has 1 aliphatic rings. The van der Waals surface area contributed by atoms with Crippen molar-refractivity contribution in [1.82, 2.24) is 14.9 Å². The zero-order valence-corrected chi connectivity index (χ0v) is 14.4. The lowest BCUT2D eigenvalue weighted by atomic mass is 10.1. The number of carbonyl (C=O) groups is 1. The molecule has 0 aliphatic carbocycles. The second-order valence-corrected chi connectivity index (χ2v) is 6.57. The number of aryl methyl sites for hydroxylation is 1. The number of hydrogen-bond donors (Lipinski definition) is 1. The van der Waals surface area contributed by atoms with Gasteiger partial charge in [0, 0.05) is 61.5 Å². The quantitative estimate of drug-likeness (QED) is 0.783. The summed E-state index contributed by atoms with van der Waals surface area (Å²) in [6.45, 7) is 5.43. The van der Waals surface area contributed by atoms with Gasteiger partial charge >= 0.3 is 0 Å². The standard InChI is InChI=1S/C20H22N4O/c1-15-14-21-7-6-19(15)23-9-2-10-24(12-11-23)20(25)17-4-3-16-5-8-22-18(16)13-17/h3-8,13-14,22H,2,9-12H2,1H3. The first-order valence-electron chi connectivity index (χ1n) is 8.74. The molecule has 0 unspecified atom stereocenters. The summed E-state index contributed by atoms with van der Waals surface area (Å²) in [7, 11) is 0. The summed E-state index contributed by atoms with van der Waals surface area (Å²) in [6, 6.07) is 9.96. The number of aromatic amines is 1. The summed E-state index contributed by atoms with van der Waals surface area (Å²) in [6.07, 6.45) is 6.61. The summed E-state index contributed by atoms with van der Waals surface area (Å²) in [5.41, 5.74) is 4.16. The minimum absolute atomic E-state index is 0.116. The average Bonchev–Trinajstić information content (AvgIpc) is 2.97. The monoisotopic (exact) mass is 334 g/mol. The van der Waals surface area contributed by atoms with Crippen LogP contribution < -0.4 is 4.90 Å². The van der Waals surface area contributed by atoms with Crippen molar-refractivity contribution >= 4 is 22.5 Å². The number of benzene rings is 1. The summed E-state index contributed by atoms with van der Waals surface area (Å²) in [5, 5.41) is 1.13. The Labute approximate surface area is 147 Å². The summed E-state index contributed by atoms with van der Waals surface area (Å²) in [5.74, 6) is 0.116. The highest BCUT2D eigenvalue weighted by molar-refractivity contribution is 5.98. The molecule has 1 amide bonds. The summed E-state index contributed by atoms with van der Waals surface area (Å²) >= 11 is 0. The number of H-pyrrole nitrogens is 1. The first kappa shape index (κ1) is 15.7. The van der Waals surface area contributed by atoms with E-state index >= 15 is 0 Å². The van der Waals surface area contributed by atoms with E-state index in [4.69, 9.17) is 0 Å². The van der Waals surface area contributed by atoms with Crippen LogP contribution in [-0.2, 0) is 0 Å². The molecular weight excluding hydrogens is 312 g/mol. The molecule has 1 N–H and O–H groups in total. The zero-order valence-electron chi connectivity index (χ0n) is 14.4. The Bertz CT molecular complexity index is 901. The third-order valence-corrected chi connectivity index (χ3v) is 4.92. The lowest BCUT2D eigenvalue weighted by Gasteiger charge is -2.25. The minimum atomic E-state index is 0.116. The van der Waals surface area contributed by atoms with Crippen LogP contribution in [0.3, 0.4) is 0 Å². The van der Waals surface area contributed by atoms with Gasteiger partial charge in [-0.05, 0) is 48.6 Å². The van der Waals surface area contributed by atoms with Crippen molar-refractivity contribution in [1.29, 1.82) is 0 Å². The fraction of sp³-hybridized carbons (Fsp3) is 0.300. The number of hydrogen-bond acceptors (Lipinski definition) is 3. The Morgan fingerprint density at radius 1 is 1.12 bits per heavy atom. The molecule has 0 atom stereocenters. The molecule has 25 heavy (non-hydrogen) atoms. The van der Waals surface area contributed by atoms with Gasteiger partial charge in [-0.25, -0.2) is 0 Å². The number of fused-ring (bicyclic) bond motifs is 1. The van der Waals surface area contributed by atoms with Crippen molar-refractivity contribution in [2.24, 2.45) is 0 Å². The smallest absolute Gasteiger partial charge is 0.253 e. The van der Waals surface area contributed by atoms with Gasteiger partial charge in [-0.15, -0.1) is 0 Å². The second-order valence-electron chi connectivity index (χ2n) is 6.57. The number of anilines is 1. The van der Waals surface area contributed by atoms with Crippen LogP contribution in [0, 0.1) is 6.92 Å². The number of aromatic nitrogens is 2. The molecule has 0 spiro atoms. The molecule has 0 bridgehead atoms. The van der Waals surface area contributed by atoms with Crippen LogP contribution in [0.2, 0.25) is 0 Å². The molecule has 2 aromatic heterocycles. The van der Waals surface area contributed by atoms with Crippen molar-refractivity contribution in [3.05, 3.63) is 60.0 Å². The van der Waals surface area contributed by atoms with Crippen molar-refractivity contribution in [2.75, 3.05) is 31.1 Å². The van der Waals surface area contributed by atoms with E-state index in [9.17, 15) is 4.79 Å². The van der Waals surface area contributed by atoms with E-state index < -0.39 is 0 Å². The van der Waals surface area contributed by atoms with Crippen molar-refractivity contribution < 1.29 is 4.79 Å². The molecule has 0 saturated carbocycles. The van der Waals surface area contributed by atoms with Crippen LogP contribution in [0.5, 0.6) is 0 Å². The predicted molar refractivity (Wildman–Crippen MR) is 100 cm³/mol. The van der Waals surface area contributed by atoms with Crippen LogP contribution in [0.15, 0.2) is 48.9 Å². The Morgan fingerprint density at radius 2 is 2.04 bits per heavy atom. The maximum Gasteiger partial charge on any atom is 0.253 e. The molecular formula is C20H22N4O. The highest BCUT2D eigenvalue weighted by atomic mass is 16.2. The van der Waals surface area contributed by atoms with Crippen molar-refractivity contribution in [3.8, 4) is 0 Å². The normalized spacial score (nSPS) is 15.4.